The predicted molar refractivity (Wildman–Crippen MR) is 131 cm³/mol. The minimum Gasteiger partial charge on any atom is -0.490 e. The molecular formula is C27H34N2O5. The van der Waals surface area contributed by atoms with E-state index >= 15 is 0 Å². The van der Waals surface area contributed by atoms with Crippen molar-refractivity contribution in [2.45, 2.75) is 52.1 Å². The molecule has 182 valence electrons. The highest BCUT2D eigenvalue weighted by atomic mass is 16.6. The second-order valence-corrected chi connectivity index (χ2v) is 9.94. The van der Waals surface area contributed by atoms with E-state index in [1.165, 1.54) is 0 Å². The van der Waals surface area contributed by atoms with Gasteiger partial charge in [0.05, 0.1) is 18.8 Å². The maximum absolute atomic E-state index is 13.0. The summed E-state index contributed by atoms with van der Waals surface area (Å²) in [6, 6.07) is 14.1. The maximum atomic E-state index is 13.0. The lowest BCUT2D eigenvalue weighted by molar-refractivity contribution is 0.0258. The van der Waals surface area contributed by atoms with Crippen LogP contribution in [0.4, 0.5) is 15.3 Å². The molecule has 7 nitrogen and oxygen atoms in total. The van der Waals surface area contributed by atoms with Crippen LogP contribution in [-0.4, -0.2) is 55.5 Å². The molecular weight excluding hydrogens is 432 g/mol. The molecule has 7 heteroatoms. The fourth-order valence-corrected chi connectivity index (χ4v) is 4.29. The topological polar surface area (TPSA) is 68.3 Å². The molecule has 4 rings (SSSR count). The molecule has 0 saturated carbocycles. The Morgan fingerprint density at radius 2 is 1.68 bits per heavy atom. The highest BCUT2D eigenvalue weighted by Crippen LogP contribution is 2.36. The number of nitrogens with zero attached hydrogens (tertiary/aromatic N) is 2. The molecule has 0 bridgehead atoms. The maximum Gasteiger partial charge on any atom is 0.414 e. The minimum atomic E-state index is -0.526. The van der Waals surface area contributed by atoms with Crippen LogP contribution in [0.2, 0.25) is 0 Å². The summed E-state index contributed by atoms with van der Waals surface area (Å²) in [4.78, 5) is 29.0. The highest BCUT2D eigenvalue weighted by Gasteiger charge is 2.29. The lowest BCUT2D eigenvalue weighted by atomic mass is 10.0. The summed E-state index contributed by atoms with van der Waals surface area (Å²) in [6.07, 6.45) is 0.746. The molecule has 2 aliphatic rings. The van der Waals surface area contributed by atoms with Gasteiger partial charge in [0.25, 0.3) is 0 Å². The molecule has 1 atom stereocenters. The molecule has 0 fully saturated rings. The van der Waals surface area contributed by atoms with E-state index in [4.69, 9.17) is 14.2 Å². The first-order valence-electron chi connectivity index (χ1n) is 12.0. The number of amides is 2. The monoisotopic (exact) mass is 466 g/mol. The van der Waals surface area contributed by atoms with E-state index in [9.17, 15) is 9.59 Å². The van der Waals surface area contributed by atoms with Gasteiger partial charge in [-0.1, -0.05) is 37.3 Å². The lowest BCUT2D eigenvalue weighted by Crippen LogP contribution is -2.39. The van der Waals surface area contributed by atoms with Crippen molar-refractivity contribution in [3.8, 4) is 5.75 Å². The van der Waals surface area contributed by atoms with Gasteiger partial charge in [0.15, 0.2) is 0 Å². The standard InChI is InChI=1S/C27H34N2O5/c1-19(20-8-6-5-7-9-20)18-33-26(31)29-14-15-32-24-17-22-11-13-28(25(30)34-27(2,3)4)12-10-21(22)16-23(24)29/h5-9,16-17,19H,10-15,18H2,1-4H3. The predicted octanol–water partition coefficient (Wildman–Crippen LogP) is 5.16. The third kappa shape index (κ3) is 5.64. The van der Waals surface area contributed by atoms with Crippen LogP contribution in [0.15, 0.2) is 42.5 Å². The zero-order valence-corrected chi connectivity index (χ0v) is 20.5. The summed E-state index contributed by atoms with van der Waals surface area (Å²) in [7, 11) is 0. The van der Waals surface area contributed by atoms with Crippen molar-refractivity contribution in [1.29, 1.82) is 0 Å². The Morgan fingerprint density at radius 3 is 2.35 bits per heavy atom. The molecule has 0 saturated heterocycles. The molecule has 0 radical (unpaired) electrons. The summed E-state index contributed by atoms with van der Waals surface area (Å²) in [5.74, 6) is 0.792. The van der Waals surface area contributed by atoms with Gasteiger partial charge in [0.1, 0.15) is 18.0 Å². The molecule has 0 N–H and O–H groups in total. The molecule has 34 heavy (non-hydrogen) atoms. The van der Waals surface area contributed by atoms with Crippen LogP contribution < -0.4 is 9.64 Å². The summed E-state index contributed by atoms with van der Waals surface area (Å²) in [6.45, 7) is 9.99. The van der Waals surface area contributed by atoms with E-state index in [1.54, 1.807) is 9.80 Å². The first kappa shape index (κ1) is 23.9. The largest absolute Gasteiger partial charge is 0.490 e. The minimum absolute atomic E-state index is 0.108. The summed E-state index contributed by atoms with van der Waals surface area (Å²) in [5, 5.41) is 0. The second-order valence-electron chi connectivity index (χ2n) is 9.94. The zero-order chi connectivity index (χ0) is 24.3. The van der Waals surface area contributed by atoms with Crippen molar-refractivity contribution in [3.63, 3.8) is 0 Å². The van der Waals surface area contributed by atoms with E-state index < -0.39 is 5.60 Å². The van der Waals surface area contributed by atoms with E-state index in [-0.39, 0.29) is 18.1 Å². The van der Waals surface area contributed by atoms with Crippen molar-refractivity contribution in [2.75, 3.05) is 37.7 Å². The van der Waals surface area contributed by atoms with Gasteiger partial charge in [-0.2, -0.15) is 0 Å². The fourth-order valence-electron chi connectivity index (χ4n) is 4.29. The van der Waals surface area contributed by atoms with Crippen LogP contribution in [0, 0.1) is 0 Å². The number of hydrogen-bond acceptors (Lipinski definition) is 5. The van der Waals surface area contributed by atoms with Gasteiger partial charge in [-0.15, -0.1) is 0 Å². The SMILES string of the molecule is CC(COC(=O)N1CCOc2cc3c(cc21)CCN(C(=O)OC(C)(C)C)CC3)c1ccccc1. The van der Waals surface area contributed by atoms with Crippen LogP contribution in [-0.2, 0) is 22.3 Å². The smallest absolute Gasteiger partial charge is 0.414 e. The molecule has 2 amide bonds. The van der Waals surface area contributed by atoms with Crippen molar-refractivity contribution in [1.82, 2.24) is 4.90 Å². The summed E-state index contributed by atoms with van der Waals surface area (Å²) >= 11 is 0. The molecule has 2 aromatic carbocycles. The van der Waals surface area contributed by atoms with E-state index in [0.717, 1.165) is 22.4 Å². The van der Waals surface area contributed by atoms with Crippen molar-refractivity contribution in [3.05, 3.63) is 59.2 Å². The van der Waals surface area contributed by atoms with E-state index in [2.05, 4.69) is 0 Å². The van der Waals surface area contributed by atoms with E-state index in [0.29, 0.717) is 51.4 Å². The fraction of sp³-hybridized carbons (Fsp3) is 0.481. The molecule has 0 aliphatic carbocycles. The second kappa shape index (κ2) is 9.95. The Labute approximate surface area is 201 Å². The molecule has 2 heterocycles. The van der Waals surface area contributed by atoms with Crippen molar-refractivity contribution in [2.24, 2.45) is 0 Å². The lowest BCUT2D eigenvalue weighted by Gasteiger charge is -2.30. The van der Waals surface area contributed by atoms with Gasteiger partial charge in [0, 0.05) is 19.0 Å². The molecule has 2 aliphatic heterocycles. The van der Waals surface area contributed by atoms with Crippen LogP contribution in [0.3, 0.4) is 0 Å². The number of anilines is 1. The number of hydrogen-bond donors (Lipinski definition) is 0. The van der Waals surface area contributed by atoms with Crippen LogP contribution >= 0.6 is 0 Å². The Kier molecular flexibility index (Phi) is 7.00. The van der Waals surface area contributed by atoms with Crippen molar-refractivity contribution >= 4 is 17.9 Å². The van der Waals surface area contributed by atoms with Crippen LogP contribution in [0.5, 0.6) is 5.75 Å². The third-order valence-electron chi connectivity index (χ3n) is 6.14. The number of rotatable bonds is 3. The van der Waals surface area contributed by atoms with Gasteiger partial charge in [-0.3, -0.25) is 4.90 Å². The molecule has 1 unspecified atom stereocenters. The number of fused-ring (bicyclic) bond motifs is 2. The Hall–Kier alpha value is -3.22. The normalized spacial score (nSPS) is 16.5. The van der Waals surface area contributed by atoms with Gasteiger partial charge in [-0.05, 0) is 62.4 Å². The Morgan fingerprint density at radius 1 is 1.00 bits per heavy atom. The molecule has 0 aromatic heterocycles. The summed E-state index contributed by atoms with van der Waals surface area (Å²) in [5.41, 5.74) is 3.59. The zero-order valence-electron chi connectivity index (χ0n) is 20.5. The molecule has 0 spiro atoms. The first-order valence-corrected chi connectivity index (χ1v) is 12.0. The number of carbonyl (C=O) groups is 2. The van der Waals surface area contributed by atoms with Gasteiger partial charge >= 0.3 is 12.2 Å². The summed E-state index contributed by atoms with van der Waals surface area (Å²) < 4.78 is 17.1. The van der Waals surface area contributed by atoms with Crippen LogP contribution in [0.1, 0.15) is 50.3 Å². The third-order valence-corrected chi connectivity index (χ3v) is 6.14. The number of ether oxygens (including phenoxy) is 3. The quantitative estimate of drug-likeness (QED) is 0.625. The van der Waals surface area contributed by atoms with E-state index in [1.807, 2.05) is 70.2 Å². The highest BCUT2D eigenvalue weighted by molar-refractivity contribution is 5.90. The number of carbonyl (C=O) groups excluding carboxylic acids is 2. The van der Waals surface area contributed by atoms with Crippen molar-refractivity contribution < 1.29 is 23.8 Å². The van der Waals surface area contributed by atoms with Crippen LogP contribution in [0.25, 0.3) is 0 Å². The van der Waals surface area contributed by atoms with Gasteiger partial charge in [-0.25, -0.2) is 9.59 Å². The van der Waals surface area contributed by atoms with Gasteiger partial charge in [0.2, 0.25) is 0 Å². The Balaban J connectivity index is 1.45. The Bertz CT molecular complexity index is 1030. The number of benzene rings is 2. The first-order chi connectivity index (χ1) is 16.2. The average Bonchev–Trinajstić information content (AvgIpc) is 3.02. The van der Waals surface area contributed by atoms with Gasteiger partial charge < -0.3 is 19.1 Å². The molecule has 2 aromatic rings. The average molecular weight is 467 g/mol.